The molecule has 0 radical (unpaired) electrons. The first-order valence-corrected chi connectivity index (χ1v) is 6.03. The molecular formula is C12H11N5O4. The van der Waals surface area contributed by atoms with Crippen molar-refractivity contribution in [2.24, 2.45) is 0 Å². The molecular weight excluding hydrogens is 278 g/mol. The number of H-pyrrole nitrogens is 2. The van der Waals surface area contributed by atoms with Crippen molar-refractivity contribution in [2.75, 3.05) is 0 Å². The summed E-state index contributed by atoms with van der Waals surface area (Å²) in [5.41, 5.74) is -2.87. The quantitative estimate of drug-likeness (QED) is 0.696. The van der Waals surface area contributed by atoms with Crippen LogP contribution in [0.2, 0.25) is 0 Å². The Morgan fingerprint density at radius 1 is 1.24 bits per heavy atom. The third-order valence-corrected chi connectivity index (χ3v) is 2.84. The van der Waals surface area contributed by atoms with E-state index in [1.807, 2.05) is 4.98 Å². The number of nitrogens with zero attached hydrogens (tertiary/aromatic N) is 3. The van der Waals surface area contributed by atoms with Gasteiger partial charge in [0, 0.05) is 24.5 Å². The van der Waals surface area contributed by atoms with E-state index >= 15 is 0 Å². The maximum absolute atomic E-state index is 12.1. The second kappa shape index (κ2) is 5.46. The highest BCUT2D eigenvalue weighted by Gasteiger charge is 2.11. The van der Waals surface area contributed by atoms with Crippen molar-refractivity contribution in [3.8, 4) is 6.07 Å². The highest BCUT2D eigenvalue weighted by atomic mass is 16.2. The van der Waals surface area contributed by atoms with Crippen molar-refractivity contribution >= 4 is 0 Å². The summed E-state index contributed by atoms with van der Waals surface area (Å²) in [6.07, 6.45) is 1.18. The summed E-state index contributed by atoms with van der Waals surface area (Å²) >= 11 is 0. The zero-order valence-corrected chi connectivity index (χ0v) is 11.0. The topological polar surface area (TPSA) is 134 Å². The van der Waals surface area contributed by atoms with Gasteiger partial charge < -0.3 is 4.98 Å². The van der Waals surface area contributed by atoms with Crippen LogP contribution in [0, 0.1) is 11.3 Å². The molecule has 0 unspecified atom stereocenters. The predicted octanol–water partition coefficient (Wildman–Crippen LogP) is -1.67. The summed E-state index contributed by atoms with van der Waals surface area (Å²) in [4.78, 5) is 50.8. The lowest BCUT2D eigenvalue weighted by atomic mass is 10.3. The van der Waals surface area contributed by atoms with Gasteiger partial charge in [-0.15, -0.1) is 0 Å². The van der Waals surface area contributed by atoms with Crippen molar-refractivity contribution in [3.05, 3.63) is 65.2 Å². The average Bonchev–Trinajstić information content (AvgIpc) is 2.43. The Hall–Kier alpha value is -3.15. The summed E-state index contributed by atoms with van der Waals surface area (Å²) < 4.78 is 2.00. The molecule has 2 heterocycles. The maximum Gasteiger partial charge on any atom is 0.331 e. The van der Waals surface area contributed by atoms with Gasteiger partial charge in [-0.2, -0.15) is 5.26 Å². The first kappa shape index (κ1) is 14.3. The SMILES string of the molecule is CCn1cc(C#N)c(=O)n(Cc2cc(=O)[nH]c(=O)[nH]2)c1=O. The third-order valence-electron chi connectivity index (χ3n) is 2.84. The summed E-state index contributed by atoms with van der Waals surface area (Å²) in [6, 6.07) is 2.79. The van der Waals surface area contributed by atoms with Crippen LogP contribution in [-0.4, -0.2) is 19.1 Å². The lowest BCUT2D eigenvalue weighted by Crippen LogP contribution is -2.41. The Morgan fingerprint density at radius 3 is 2.52 bits per heavy atom. The molecule has 2 rings (SSSR count). The van der Waals surface area contributed by atoms with Crippen LogP contribution in [0.15, 0.2) is 31.4 Å². The standard InChI is InChI=1S/C12H11N5O4/c1-2-16-5-7(4-13)10(19)17(12(16)21)6-8-3-9(18)15-11(20)14-8/h3,5H,2,6H2,1H3,(H2,14,15,18,20). The van der Waals surface area contributed by atoms with Gasteiger partial charge in [0.25, 0.3) is 11.1 Å². The van der Waals surface area contributed by atoms with E-state index in [1.165, 1.54) is 10.8 Å². The number of hydrogen-bond donors (Lipinski definition) is 2. The van der Waals surface area contributed by atoms with Crippen molar-refractivity contribution in [1.29, 1.82) is 5.26 Å². The Balaban J connectivity index is 2.67. The molecule has 0 atom stereocenters. The highest BCUT2D eigenvalue weighted by molar-refractivity contribution is 5.22. The number of rotatable bonds is 3. The van der Waals surface area contributed by atoms with Crippen LogP contribution in [0.1, 0.15) is 18.2 Å². The molecule has 2 aromatic heterocycles. The second-order valence-electron chi connectivity index (χ2n) is 4.23. The fourth-order valence-corrected chi connectivity index (χ4v) is 1.87. The van der Waals surface area contributed by atoms with E-state index < -0.39 is 22.5 Å². The van der Waals surface area contributed by atoms with Gasteiger partial charge in [-0.05, 0) is 6.92 Å². The van der Waals surface area contributed by atoms with Gasteiger partial charge in [0.1, 0.15) is 11.6 Å². The van der Waals surface area contributed by atoms with E-state index in [2.05, 4.69) is 4.98 Å². The molecule has 0 aliphatic heterocycles. The molecule has 0 spiro atoms. The van der Waals surface area contributed by atoms with Crippen molar-refractivity contribution in [3.63, 3.8) is 0 Å². The van der Waals surface area contributed by atoms with Gasteiger partial charge in [0.15, 0.2) is 0 Å². The monoisotopic (exact) mass is 289 g/mol. The smallest absolute Gasteiger partial charge is 0.309 e. The number of aryl methyl sites for hydroxylation is 1. The second-order valence-corrected chi connectivity index (χ2v) is 4.23. The first-order valence-electron chi connectivity index (χ1n) is 6.03. The average molecular weight is 289 g/mol. The first-order chi connectivity index (χ1) is 9.96. The van der Waals surface area contributed by atoms with E-state index in [0.29, 0.717) is 0 Å². The highest BCUT2D eigenvalue weighted by Crippen LogP contribution is 1.91. The Kier molecular flexibility index (Phi) is 3.71. The zero-order valence-electron chi connectivity index (χ0n) is 11.0. The molecule has 2 N–H and O–H groups in total. The fraction of sp³-hybridized carbons (Fsp3) is 0.250. The molecule has 0 fully saturated rings. The molecule has 0 saturated heterocycles. The van der Waals surface area contributed by atoms with Gasteiger partial charge >= 0.3 is 11.4 Å². The molecule has 0 aliphatic carbocycles. The molecule has 0 aromatic carbocycles. The minimum absolute atomic E-state index is 0.0979. The predicted molar refractivity (Wildman–Crippen MR) is 72.1 cm³/mol. The number of hydrogen-bond acceptors (Lipinski definition) is 5. The minimum atomic E-state index is -0.770. The Morgan fingerprint density at radius 2 is 1.95 bits per heavy atom. The van der Waals surface area contributed by atoms with Gasteiger partial charge in [-0.3, -0.25) is 23.7 Å². The molecule has 9 nitrogen and oxygen atoms in total. The van der Waals surface area contributed by atoms with Crippen molar-refractivity contribution < 1.29 is 0 Å². The third kappa shape index (κ3) is 2.74. The molecule has 2 aromatic rings. The number of aromatic nitrogens is 4. The largest absolute Gasteiger partial charge is 0.331 e. The van der Waals surface area contributed by atoms with E-state index in [0.717, 1.165) is 10.6 Å². The van der Waals surface area contributed by atoms with E-state index in [1.54, 1.807) is 13.0 Å². The number of nitriles is 1. The van der Waals surface area contributed by atoms with Crippen LogP contribution in [0.4, 0.5) is 0 Å². The molecule has 108 valence electrons. The van der Waals surface area contributed by atoms with Crippen LogP contribution in [0.5, 0.6) is 0 Å². The molecule has 0 aliphatic rings. The van der Waals surface area contributed by atoms with E-state index in [4.69, 9.17) is 5.26 Å². The normalized spacial score (nSPS) is 10.3. The van der Waals surface area contributed by atoms with Gasteiger partial charge in [-0.25, -0.2) is 9.59 Å². The molecule has 0 amide bonds. The van der Waals surface area contributed by atoms with Crippen LogP contribution in [0.3, 0.4) is 0 Å². The maximum atomic E-state index is 12.1. The molecule has 0 bridgehead atoms. The van der Waals surface area contributed by atoms with Gasteiger partial charge in [0.05, 0.1) is 6.54 Å². The van der Waals surface area contributed by atoms with Gasteiger partial charge in [0.2, 0.25) is 0 Å². The Bertz CT molecular complexity index is 925. The van der Waals surface area contributed by atoms with Crippen LogP contribution >= 0.6 is 0 Å². The van der Waals surface area contributed by atoms with Crippen LogP contribution in [-0.2, 0) is 13.1 Å². The summed E-state index contributed by atoms with van der Waals surface area (Å²) in [5, 5.41) is 8.92. The van der Waals surface area contributed by atoms with E-state index in [9.17, 15) is 19.2 Å². The zero-order chi connectivity index (χ0) is 15.6. The summed E-state index contributed by atoms with van der Waals surface area (Å²) in [6.45, 7) is 1.67. The summed E-state index contributed by atoms with van der Waals surface area (Å²) in [5.74, 6) is 0. The number of nitrogens with one attached hydrogen (secondary N) is 2. The molecule has 9 heteroatoms. The van der Waals surface area contributed by atoms with Gasteiger partial charge in [-0.1, -0.05) is 0 Å². The summed E-state index contributed by atoms with van der Waals surface area (Å²) in [7, 11) is 0. The Labute approximate surface area is 116 Å². The van der Waals surface area contributed by atoms with Crippen LogP contribution in [0.25, 0.3) is 0 Å². The fourth-order valence-electron chi connectivity index (χ4n) is 1.87. The molecule has 0 saturated carbocycles. The van der Waals surface area contributed by atoms with Crippen LogP contribution < -0.4 is 22.5 Å². The van der Waals surface area contributed by atoms with Crippen molar-refractivity contribution in [1.82, 2.24) is 19.1 Å². The van der Waals surface area contributed by atoms with E-state index in [-0.39, 0.29) is 24.3 Å². The lowest BCUT2D eigenvalue weighted by Gasteiger charge is -2.09. The molecule has 21 heavy (non-hydrogen) atoms. The minimum Gasteiger partial charge on any atom is -0.309 e. The lowest BCUT2D eigenvalue weighted by molar-refractivity contribution is 0.590. The van der Waals surface area contributed by atoms with Crippen molar-refractivity contribution in [2.45, 2.75) is 20.0 Å². The number of aromatic amines is 2.